The molecule has 3 aromatic carbocycles. The lowest BCUT2D eigenvalue weighted by Gasteiger charge is -2.32. The van der Waals surface area contributed by atoms with E-state index in [2.05, 4.69) is 5.32 Å². The van der Waals surface area contributed by atoms with E-state index >= 15 is 0 Å². The molecule has 0 radical (unpaired) electrons. The van der Waals surface area contributed by atoms with Crippen LogP contribution in [0.3, 0.4) is 0 Å². The highest BCUT2D eigenvalue weighted by atomic mass is 32.2. The maximum Gasteiger partial charge on any atom is 0.264 e. The van der Waals surface area contributed by atoms with Gasteiger partial charge in [0.05, 0.1) is 10.6 Å². The van der Waals surface area contributed by atoms with Crippen LogP contribution in [-0.4, -0.2) is 43.8 Å². The first kappa shape index (κ1) is 27.9. The zero-order chi connectivity index (χ0) is 27.2. The molecule has 1 atom stereocenters. The Morgan fingerprint density at radius 3 is 2.08 bits per heavy atom. The lowest BCUT2D eigenvalue weighted by Crippen LogP contribution is -2.52. The fourth-order valence-corrected chi connectivity index (χ4v) is 5.34. The summed E-state index contributed by atoms with van der Waals surface area (Å²) >= 11 is 0. The fourth-order valence-electron chi connectivity index (χ4n) is 3.91. The summed E-state index contributed by atoms with van der Waals surface area (Å²) in [7, 11) is -4.06. The summed E-state index contributed by atoms with van der Waals surface area (Å²) in [5.41, 5.74) is 3.16. The van der Waals surface area contributed by atoms with Crippen LogP contribution in [0.4, 0.5) is 5.69 Å². The number of carbonyl (C=O) groups is 2. The Morgan fingerprint density at radius 1 is 0.838 bits per heavy atom. The second-order valence-corrected chi connectivity index (χ2v) is 11.4. The molecule has 0 aliphatic carbocycles. The lowest BCUT2D eigenvalue weighted by atomic mass is 10.1. The molecule has 37 heavy (non-hydrogen) atoms. The van der Waals surface area contributed by atoms with E-state index < -0.39 is 28.5 Å². The minimum atomic E-state index is -4.06. The predicted octanol–water partition coefficient (Wildman–Crippen LogP) is 4.44. The Kier molecular flexibility index (Phi) is 9.10. The molecule has 0 aliphatic rings. The van der Waals surface area contributed by atoms with E-state index in [1.54, 1.807) is 43.3 Å². The van der Waals surface area contributed by atoms with Gasteiger partial charge >= 0.3 is 0 Å². The van der Waals surface area contributed by atoms with Gasteiger partial charge in [0.1, 0.15) is 12.6 Å². The standard InChI is InChI=1S/C29H35N3O4S/c1-21(2)30-29(34)24(5)31(19-25-16-14-22(3)15-17-25)28(33)20-32(26-11-9-10-23(4)18-26)37(35,36)27-12-7-6-8-13-27/h6-18,21,24H,19-20H2,1-5H3,(H,30,34). The normalized spacial score (nSPS) is 12.2. The molecule has 196 valence electrons. The molecule has 0 aliphatic heterocycles. The van der Waals surface area contributed by atoms with Crippen LogP contribution in [0.15, 0.2) is 83.8 Å². The average molecular weight is 522 g/mol. The lowest BCUT2D eigenvalue weighted by molar-refractivity contribution is -0.139. The molecule has 1 unspecified atom stereocenters. The van der Waals surface area contributed by atoms with Crippen molar-refractivity contribution in [2.24, 2.45) is 0 Å². The smallest absolute Gasteiger partial charge is 0.264 e. The number of aryl methyl sites for hydroxylation is 2. The molecular weight excluding hydrogens is 486 g/mol. The average Bonchev–Trinajstić information content (AvgIpc) is 2.86. The predicted molar refractivity (Wildman–Crippen MR) is 147 cm³/mol. The number of amides is 2. The van der Waals surface area contributed by atoms with Crippen LogP contribution in [-0.2, 0) is 26.2 Å². The largest absolute Gasteiger partial charge is 0.352 e. The quantitative estimate of drug-likeness (QED) is 0.427. The van der Waals surface area contributed by atoms with Crippen LogP contribution in [0, 0.1) is 13.8 Å². The van der Waals surface area contributed by atoms with Crippen LogP contribution in [0.25, 0.3) is 0 Å². The summed E-state index contributed by atoms with van der Waals surface area (Å²) in [6.07, 6.45) is 0. The topological polar surface area (TPSA) is 86.8 Å². The minimum Gasteiger partial charge on any atom is -0.352 e. The number of rotatable bonds is 10. The zero-order valence-electron chi connectivity index (χ0n) is 22.0. The summed E-state index contributed by atoms with van der Waals surface area (Å²) < 4.78 is 28.6. The number of nitrogens with zero attached hydrogens (tertiary/aromatic N) is 2. The van der Waals surface area contributed by atoms with Gasteiger partial charge in [0.15, 0.2) is 0 Å². The van der Waals surface area contributed by atoms with Crippen LogP contribution >= 0.6 is 0 Å². The van der Waals surface area contributed by atoms with E-state index in [0.29, 0.717) is 5.69 Å². The monoisotopic (exact) mass is 521 g/mol. The van der Waals surface area contributed by atoms with Crippen molar-refractivity contribution in [2.75, 3.05) is 10.8 Å². The molecule has 0 saturated heterocycles. The van der Waals surface area contributed by atoms with Crippen molar-refractivity contribution < 1.29 is 18.0 Å². The molecule has 0 aromatic heterocycles. The Hall–Kier alpha value is -3.65. The molecule has 0 spiro atoms. The highest BCUT2D eigenvalue weighted by Crippen LogP contribution is 2.25. The first-order valence-electron chi connectivity index (χ1n) is 12.3. The molecule has 1 N–H and O–H groups in total. The second-order valence-electron chi connectivity index (χ2n) is 9.51. The van der Waals surface area contributed by atoms with Crippen molar-refractivity contribution >= 4 is 27.5 Å². The molecule has 7 nitrogen and oxygen atoms in total. The molecule has 2 amide bonds. The number of hydrogen-bond donors (Lipinski definition) is 1. The molecule has 0 heterocycles. The summed E-state index contributed by atoms with van der Waals surface area (Å²) in [5.74, 6) is -0.781. The van der Waals surface area contributed by atoms with Crippen molar-refractivity contribution in [1.29, 1.82) is 0 Å². The minimum absolute atomic E-state index is 0.0833. The van der Waals surface area contributed by atoms with Gasteiger partial charge in [-0.3, -0.25) is 13.9 Å². The summed E-state index contributed by atoms with van der Waals surface area (Å²) in [6, 6.07) is 21.8. The highest BCUT2D eigenvalue weighted by Gasteiger charge is 2.32. The second kappa shape index (κ2) is 12.1. The van der Waals surface area contributed by atoms with Gasteiger partial charge in [-0.25, -0.2) is 8.42 Å². The van der Waals surface area contributed by atoms with Gasteiger partial charge in [-0.15, -0.1) is 0 Å². The van der Waals surface area contributed by atoms with Gasteiger partial charge in [-0.1, -0.05) is 60.2 Å². The van der Waals surface area contributed by atoms with Crippen LogP contribution in [0.1, 0.15) is 37.5 Å². The highest BCUT2D eigenvalue weighted by molar-refractivity contribution is 7.92. The maximum absolute atomic E-state index is 13.8. The van der Waals surface area contributed by atoms with E-state index in [1.165, 1.54) is 17.0 Å². The van der Waals surface area contributed by atoms with E-state index in [-0.39, 0.29) is 23.4 Å². The molecule has 3 rings (SSSR count). The van der Waals surface area contributed by atoms with Gasteiger partial charge in [0, 0.05) is 12.6 Å². The Balaban J connectivity index is 2.01. The Morgan fingerprint density at radius 2 is 1.49 bits per heavy atom. The van der Waals surface area contributed by atoms with E-state index in [9.17, 15) is 18.0 Å². The summed E-state index contributed by atoms with van der Waals surface area (Å²) in [6.45, 7) is 8.91. The number of anilines is 1. The van der Waals surface area contributed by atoms with Crippen molar-refractivity contribution in [2.45, 2.75) is 58.1 Å². The third-order valence-electron chi connectivity index (χ3n) is 5.97. The van der Waals surface area contributed by atoms with Gasteiger partial charge < -0.3 is 10.2 Å². The number of nitrogens with one attached hydrogen (secondary N) is 1. The number of carbonyl (C=O) groups excluding carboxylic acids is 2. The van der Waals surface area contributed by atoms with Gasteiger partial charge in [0.25, 0.3) is 10.0 Å². The molecule has 0 fully saturated rings. The Bertz CT molecular complexity index is 1320. The van der Waals surface area contributed by atoms with Crippen LogP contribution < -0.4 is 9.62 Å². The molecule has 8 heteroatoms. The van der Waals surface area contributed by atoms with Crippen molar-refractivity contribution in [3.63, 3.8) is 0 Å². The van der Waals surface area contributed by atoms with Crippen molar-refractivity contribution in [3.8, 4) is 0 Å². The van der Waals surface area contributed by atoms with Crippen LogP contribution in [0.2, 0.25) is 0 Å². The number of hydrogen-bond acceptors (Lipinski definition) is 4. The number of sulfonamides is 1. The van der Waals surface area contributed by atoms with Gasteiger partial charge in [0.2, 0.25) is 11.8 Å². The van der Waals surface area contributed by atoms with Gasteiger partial charge in [-0.2, -0.15) is 0 Å². The van der Waals surface area contributed by atoms with Crippen LogP contribution in [0.5, 0.6) is 0 Å². The summed E-state index contributed by atoms with van der Waals surface area (Å²) in [5, 5.41) is 2.86. The molecule has 3 aromatic rings. The van der Waals surface area contributed by atoms with Crippen molar-refractivity contribution in [1.82, 2.24) is 10.2 Å². The first-order valence-corrected chi connectivity index (χ1v) is 13.7. The maximum atomic E-state index is 13.8. The SMILES string of the molecule is Cc1ccc(CN(C(=O)CN(c2cccc(C)c2)S(=O)(=O)c2ccccc2)C(C)C(=O)NC(C)C)cc1. The third-order valence-corrected chi connectivity index (χ3v) is 7.76. The van der Waals surface area contributed by atoms with E-state index in [0.717, 1.165) is 21.0 Å². The molecular formula is C29H35N3O4S. The first-order chi connectivity index (χ1) is 17.5. The molecule has 0 bridgehead atoms. The van der Waals surface area contributed by atoms with E-state index in [4.69, 9.17) is 0 Å². The molecule has 0 saturated carbocycles. The Labute approximate surface area is 220 Å². The van der Waals surface area contributed by atoms with E-state index in [1.807, 2.05) is 58.0 Å². The van der Waals surface area contributed by atoms with Crippen molar-refractivity contribution in [3.05, 3.63) is 95.6 Å². The number of benzene rings is 3. The van der Waals surface area contributed by atoms with Gasteiger partial charge in [-0.05, 0) is 70.0 Å². The summed E-state index contributed by atoms with van der Waals surface area (Å²) in [4.78, 5) is 28.3. The fraction of sp³-hybridized carbons (Fsp3) is 0.310. The third kappa shape index (κ3) is 7.20. The zero-order valence-corrected chi connectivity index (χ0v) is 22.8.